The number of aromatic hydroxyl groups is 3. The summed E-state index contributed by atoms with van der Waals surface area (Å²) < 4.78 is 10.7. The van der Waals surface area contributed by atoms with Crippen LogP contribution in [0, 0.1) is 0 Å². The smallest absolute Gasteiger partial charge is 0.181 e. The number of phenolic OH excluding ortho intramolecular Hbond substituents is 3. The van der Waals surface area contributed by atoms with Gasteiger partial charge >= 0.3 is 0 Å². The molecule has 1 unspecified atom stereocenters. The van der Waals surface area contributed by atoms with Crippen LogP contribution in [0.2, 0.25) is 0 Å². The highest BCUT2D eigenvalue weighted by Crippen LogP contribution is 2.42. The number of carbonyl (C=O) groups excluding carboxylic acids is 1. The van der Waals surface area contributed by atoms with Crippen LogP contribution in [0.1, 0.15) is 21.8 Å². The molecule has 0 aliphatic carbocycles. The lowest BCUT2D eigenvalue weighted by atomic mass is 9.88. The van der Waals surface area contributed by atoms with Crippen LogP contribution in [-0.4, -0.2) is 34.8 Å². The molecule has 22 heavy (non-hydrogen) atoms. The molecule has 1 aliphatic rings. The van der Waals surface area contributed by atoms with Gasteiger partial charge in [-0.05, 0) is 6.07 Å². The summed E-state index contributed by atoms with van der Waals surface area (Å²) in [5.74, 6) is -0.966. The van der Waals surface area contributed by atoms with Gasteiger partial charge in [-0.15, -0.1) is 0 Å². The lowest BCUT2D eigenvalue weighted by Gasteiger charge is -2.26. The van der Waals surface area contributed by atoms with Crippen molar-refractivity contribution < 1.29 is 29.6 Å². The number of fused-ring (bicyclic) bond motifs is 1. The number of ether oxygens (including phenoxy) is 2. The Hall–Kier alpha value is -2.89. The largest absolute Gasteiger partial charge is 0.508 e. The highest BCUT2D eigenvalue weighted by atomic mass is 16.5. The molecule has 2 aromatic rings. The van der Waals surface area contributed by atoms with Gasteiger partial charge in [0.05, 0.1) is 13.0 Å². The average molecular weight is 302 g/mol. The van der Waals surface area contributed by atoms with Crippen molar-refractivity contribution in [3.63, 3.8) is 0 Å². The topological polar surface area (TPSA) is 96.2 Å². The third-order valence-corrected chi connectivity index (χ3v) is 3.63. The maximum Gasteiger partial charge on any atom is 0.181 e. The minimum Gasteiger partial charge on any atom is -0.508 e. The van der Waals surface area contributed by atoms with E-state index in [4.69, 9.17) is 9.47 Å². The van der Waals surface area contributed by atoms with Crippen molar-refractivity contribution in [2.75, 3.05) is 13.7 Å². The van der Waals surface area contributed by atoms with E-state index < -0.39 is 5.92 Å². The molecule has 0 aromatic heterocycles. The van der Waals surface area contributed by atoms with Crippen LogP contribution in [0.25, 0.3) is 0 Å². The quantitative estimate of drug-likeness (QED) is 0.787. The first-order valence-corrected chi connectivity index (χ1v) is 6.61. The van der Waals surface area contributed by atoms with Crippen molar-refractivity contribution in [2.45, 2.75) is 5.92 Å². The zero-order valence-corrected chi connectivity index (χ0v) is 11.7. The molecule has 114 valence electrons. The van der Waals surface area contributed by atoms with Crippen LogP contribution >= 0.6 is 0 Å². The first-order valence-electron chi connectivity index (χ1n) is 6.61. The summed E-state index contributed by atoms with van der Waals surface area (Å²) in [6, 6.07) is 6.84. The van der Waals surface area contributed by atoms with E-state index >= 15 is 0 Å². The number of carbonyl (C=O) groups is 1. The van der Waals surface area contributed by atoms with E-state index in [2.05, 4.69) is 0 Å². The molecule has 3 N–H and O–H groups in total. The van der Waals surface area contributed by atoms with Gasteiger partial charge in [0, 0.05) is 23.8 Å². The Morgan fingerprint density at radius 1 is 1.14 bits per heavy atom. The Morgan fingerprint density at radius 2 is 1.91 bits per heavy atom. The van der Waals surface area contributed by atoms with Gasteiger partial charge in [-0.2, -0.15) is 0 Å². The standard InChI is InChI=1S/C16H14O6/c1-21-13-5-8(17)2-3-10(13)11-7-22-14-6-9(18)4-12(19)15(14)16(11)20/h2-6,11,17-19H,7H2,1H3. The number of hydrogen-bond acceptors (Lipinski definition) is 6. The molecule has 1 heterocycles. The molecule has 1 atom stereocenters. The lowest BCUT2D eigenvalue weighted by molar-refractivity contribution is 0.0890. The summed E-state index contributed by atoms with van der Waals surface area (Å²) in [6.45, 7) is 0.0515. The van der Waals surface area contributed by atoms with E-state index in [1.54, 1.807) is 6.07 Å². The van der Waals surface area contributed by atoms with E-state index in [1.807, 2.05) is 0 Å². The van der Waals surface area contributed by atoms with E-state index in [1.165, 1.54) is 25.3 Å². The SMILES string of the molecule is COc1cc(O)ccc1C1COc2cc(O)cc(O)c2C1=O. The van der Waals surface area contributed by atoms with Crippen LogP contribution in [0.15, 0.2) is 30.3 Å². The van der Waals surface area contributed by atoms with Crippen molar-refractivity contribution >= 4 is 5.78 Å². The van der Waals surface area contributed by atoms with Crippen molar-refractivity contribution in [3.8, 4) is 28.7 Å². The highest BCUT2D eigenvalue weighted by molar-refractivity contribution is 6.06. The van der Waals surface area contributed by atoms with Gasteiger partial charge in [-0.1, -0.05) is 6.07 Å². The second kappa shape index (κ2) is 5.14. The molecule has 0 bridgehead atoms. The highest BCUT2D eigenvalue weighted by Gasteiger charge is 2.34. The van der Waals surface area contributed by atoms with Crippen molar-refractivity contribution in [2.24, 2.45) is 0 Å². The summed E-state index contributed by atoms with van der Waals surface area (Å²) >= 11 is 0. The lowest BCUT2D eigenvalue weighted by Crippen LogP contribution is -2.26. The Morgan fingerprint density at radius 3 is 2.64 bits per heavy atom. The van der Waals surface area contributed by atoms with Crippen LogP contribution < -0.4 is 9.47 Å². The minimum absolute atomic E-state index is 0.0259. The number of ketones is 1. The first kappa shape index (κ1) is 14.1. The molecule has 3 rings (SSSR count). The van der Waals surface area contributed by atoms with E-state index in [0.717, 1.165) is 6.07 Å². The van der Waals surface area contributed by atoms with Gasteiger partial charge in [-0.25, -0.2) is 0 Å². The van der Waals surface area contributed by atoms with Gasteiger partial charge in [0.2, 0.25) is 0 Å². The third kappa shape index (κ3) is 2.18. The zero-order chi connectivity index (χ0) is 15.9. The van der Waals surface area contributed by atoms with Crippen LogP contribution in [-0.2, 0) is 0 Å². The van der Waals surface area contributed by atoms with Gasteiger partial charge in [0.1, 0.15) is 40.9 Å². The number of methoxy groups -OCH3 is 1. The molecular formula is C16H14O6. The molecule has 0 saturated heterocycles. The molecule has 0 amide bonds. The Bertz CT molecular complexity index is 753. The fourth-order valence-electron chi connectivity index (χ4n) is 2.59. The summed E-state index contributed by atoms with van der Waals surface area (Å²) in [7, 11) is 1.44. The van der Waals surface area contributed by atoms with Gasteiger partial charge in [0.25, 0.3) is 0 Å². The van der Waals surface area contributed by atoms with E-state index in [9.17, 15) is 20.1 Å². The number of benzene rings is 2. The molecule has 6 nitrogen and oxygen atoms in total. The number of rotatable bonds is 2. The summed E-state index contributed by atoms with van der Waals surface area (Å²) in [5.41, 5.74) is 0.590. The van der Waals surface area contributed by atoms with Gasteiger partial charge in [0.15, 0.2) is 5.78 Å². The van der Waals surface area contributed by atoms with Gasteiger partial charge in [-0.3, -0.25) is 4.79 Å². The molecule has 6 heteroatoms. The second-order valence-corrected chi connectivity index (χ2v) is 4.99. The second-order valence-electron chi connectivity index (χ2n) is 4.99. The predicted molar refractivity (Wildman–Crippen MR) is 77.0 cm³/mol. The molecule has 0 radical (unpaired) electrons. The fraction of sp³-hybridized carbons (Fsp3) is 0.188. The molecular weight excluding hydrogens is 288 g/mol. The van der Waals surface area contributed by atoms with Crippen molar-refractivity contribution in [1.29, 1.82) is 0 Å². The monoisotopic (exact) mass is 302 g/mol. The van der Waals surface area contributed by atoms with Gasteiger partial charge < -0.3 is 24.8 Å². The normalized spacial score (nSPS) is 16.8. The Balaban J connectivity index is 2.07. The molecule has 0 saturated carbocycles. The van der Waals surface area contributed by atoms with Crippen LogP contribution in [0.5, 0.6) is 28.7 Å². The van der Waals surface area contributed by atoms with Crippen LogP contribution in [0.4, 0.5) is 0 Å². The zero-order valence-electron chi connectivity index (χ0n) is 11.7. The minimum atomic E-state index is -0.668. The van der Waals surface area contributed by atoms with E-state index in [0.29, 0.717) is 11.3 Å². The predicted octanol–water partition coefficient (Wildman–Crippen LogP) is 2.17. The van der Waals surface area contributed by atoms with Crippen LogP contribution in [0.3, 0.4) is 0 Å². The molecule has 2 aromatic carbocycles. The number of Topliss-reactive ketones (excluding diaryl/α,β-unsaturated/α-hetero) is 1. The number of hydrogen-bond donors (Lipinski definition) is 3. The summed E-state index contributed by atoms with van der Waals surface area (Å²) in [5, 5.41) is 28.9. The molecule has 1 aliphatic heterocycles. The Kier molecular flexibility index (Phi) is 3.29. The molecule has 0 fully saturated rings. The number of phenols is 3. The fourth-order valence-corrected chi connectivity index (χ4v) is 2.59. The van der Waals surface area contributed by atoms with E-state index in [-0.39, 0.29) is 41.0 Å². The van der Waals surface area contributed by atoms with Crippen molar-refractivity contribution in [1.82, 2.24) is 0 Å². The molecule has 0 spiro atoms. The maximum atomic E-state index is 12.7. The Labute approximate surface area is 126 Å². The first-order chi connectivity index (χ1) is 10.5. The van der Waals surface area contributed by atoms with Crippen molar-refractivity contribution in [3.05, 3.63) is 41.5 Å². The summed E-state index contributed by atoms with van der Waals surface area (Å²) in [4.78, 5) is 12.7. The summed E-state index contributed by atoms with van der Waals surface area (Å²) in [6.07, 6.45) is 0. The average Bonchev–Trinajstić information content (AvgIpc) is 2.47. The maximum absolute atomic E-state index is 12.7. The third-order valence-electron chi connectivity index (χ3n) is 3.63.